The second-order valence-electron chi connectivity index (χ2n) is 4.21. The van der Waals surface area contributed by atoms with Gasteiger partial charge in [0, 0.05) is 11.1 Å². The van der Waals surface area contributed by atoms with Gasteiger partial charge < -0.3 is 10.5 Å². The highest BCUT2D eigenvalue weighted by molar-refractivity contribution is 6.12. The topological polar surface area (TPSA) is 52.3 Å². The monoisotopic (exact) mass is 259 g/mol. The van der Waals surface area contributed by atoms with Crippen LogP contribution in [0.5, 0.6) is 5.75 Å². The van der Waals surface area contributed by atoms with Crippen LogP contribution in [-0.2, 0) is 0 Å². The van der Waals surface area contributed by atoms with Crippen LogP contribution in [0, 0.1) is 12.7 Å². The third-order valence-corrected chi connectivity index (χ3v) is 2.98. The zero-order chi connectivity index (χ0) is 14.0. The van der Waals surface area contributed by atoms with Gasteiger partial charge in [0.15, 0.2) is 5.78 Å². The molecular weight excluding hydrogens is 245 g/mol. The van der Waals surface area contributed by atoms with E-state index < -0.39 is 5.82 Å². The molecule has 2 aromatic carbocycles. The summed E-state index contributed by atoms with van der Waals surface area (Å²) in [6.07, 6.45) is 0. The molecule has 2 N–H and O–H groups in total. The minimum absolute atomic E-state index is 0.122. The maximum absolute atomic E-state index is 13.4. The Morgan fingerprint density at radius 3 is 2.58 bits per heavy atom. The average Bonchev–Trinajstić information content (AvgIpc) is 2.41. The molecule has 2 aromatic rings. The van der Waals surface area contributed by atoms with Crippen molar-refractivity contribution in [2.45, 2.75) is 6.92 Å². The molecule has 0 saturated heterocycles. The summed E-state index contributed by atoms with van der Waals surface area (Å²) in [5, 5.41) is 0. The van der Waals surface area contributed by atoms with Crippen molar-refractivity contribution in [3.8, 4) is 5.75 Å². The van der Waals surface area contributed by atoms with Crippen molar-refractivity contribution < 1.29 is 13.9 Å². The number of hydrogen-bond acceptors (Lipinski definition) is 3. The van der Waals surface area contributed by atoms with E-state index >= 15 is 0 Å². The van der Waals surface area contributed by atoms with Crippen molar-refractivity contribution in [1.29, 1.82) is 0 Å². The molecule has 98 valence electrons. The largest absolute Gasteiger partial charge is 0.497 e. The molecule has 4 heteroatoms. The van der Waals surface area contributed by atoms with Gasteiger partial charge in [0.25, 0.3) is 0 Å². The van der Waals surface area contributed by atoms with Crippen molar-refractivity contribution in [2.75, 3.05) is 12.8 Å². The number of hydrogen-bond donors (Lipinski definition) is 1. The smallest absolute Gasteiger partial charge is 0.195 e. The summed E-state index contributed by atoms with van der Waals surface area (Å²) in [7, 11) is 1.56. The van der Waals surface area contributed by atoms with Crippen LogP contribution in [0.1, 0.15) is 21.5 Å². The van der Waals surface area contributed by atoms with Gasteiger partial charge in [-0.15, -0.1) is 0 Å². The average molecular weight is 259 g/mol. The zero-order valence-corrected chi connectivity index (χ0v) is 10.7. The molecule has 0 heterocycles. The van der Waals surface area contributed by atoms with Gasteiger partial charge in [-0.05, 0) is 42.8 Å². The van der Waals surface area contributed by atoms with Crippen LogP contribution in [-0.4, -0.2) is 12.9 Å². The van der Waals surface area contributed by atoms with E-state index in [-0.39, 0.29) is 17.0 Å². The number of nitrogens with two attached hydrogens (primary N) is 1. The zero-order valence-electron chi connectivity index (χ0n) is 10.7. The summed E-state index contributed by atoms with van der Waals surface area (Å²) in [5.74, 6) is -0.213. The highest BCUT2D eigenvalue weighted by Gasteiger charge is 2.16. The quantitative estimate of drug-likeness (QED) is 0.681. The molecule has 0 spiro atoms. The van der Waals surface area contributed by atoms with Gasteiger partial charge in [0.2, 0.25) is 0 Å². The number of carbonyl (C=O) groups is 1. The molecule has 2 rings (SSSR count). The van der Waals surface area contributed by atoms with Crippen LogP contribution in [0.3, 0.4) is 0 Å². The number of aryl methyl sites for hydroxylation is 1. The highest BCUT2D eigenvalue weighted by atomic mass is 19.1. The fraction of sp³-hybridized carbons (Fsp3) is 0.133. The Bertz CT molecular complexity index is 638. The van der Waals surface area contributed by atoms with Crippen molar-refractivity contribution in [1.82, 2.24) is 0 Å². The number of methoxy groups -OCH3 is 1. The third kappa shape index (κ3) is 2.42. The normalized spacial score (nSPS) is 10.3. The Balaban J connectivity index is 2.47. The Labute approximate surface area is 110 Å². The number of anilines is 1. The summed E-state index contributed by atoms with van der Waals surface area (Å²) in [4.78, 5) is 12.4. The van der Waals surface area contributed by atoms with E-state index in [1.807, 2.05) is 0 Å². The number of ether oxygens (including phenoxy) is 1. The number of para-hydroxylation sites is 1. The molecule has 0 radical (unpaired) electrons. The first-order chi connectivity index (χ1) is 9.04. The van der Waals surface area contributed by atoms with E-state index in [4.69, 9.17) is 10.5 Å². The molecule has 0 aliphatic rings. The molecule has 0 aliphatic carbocycles. The summed E-state index contributed by atoms with van der Waals surface area (Å²) in [6, 6.07) is 9.31. The number of carbonyl (C=O) groups excluding carboxylic acids is 1. The first-order valence-corrected chi connectivity index (χ1v) is 5.78. The van der Waals surface area contributed by atoms with Crippen LogP contribution in [0.15, 0.2) is 36.4 Å². The van der Waals surface area contributed by atoms with Crippen LogP contribution in [0.2, 0.25) is 0 Å². The van der Waals surface area contributed by atoms with Gasteiger partial charge >= 0.3 is 0 Å². The lowest BCUT2D eigenvalue weighted by molar-refractivity contribution is 0.103. The fourth-order valence-corrected chi connectivity index (χ4v) is 1.90. The summed E-state index contributed by atoms with van der Waals surface area (Å²) in [6.45, 7) is 1.80. The predicted octanol–water partition coefficient (Wildman–Crippen LogP) is 2.96. The minimum Gasteiger partial charge on any atom is -0.497 e. The van der Waals surface area contributed by atoms with Crippen molar-refractivity contribution in [2.24, 2.45) is 0 Å². The highest BCUT2D eigenvalue weighted by Crippen LogP contribution is 2.23. The summed E-state index contributed by atoms with van der Waals surface area (Å²) >= 11 is 0. The van der Waals surface area contributed by atoms with E-state index in [0.717, 1.165) is 5.56 Å². The van der Waals surface area contributed by atoms with Gasteiger partial charge in [-0.25, -0.2) is 4.39 Å². The van der Waals surface area contributed by atoms with Crippen molar-refractivity contribution in [3.63, 3.8) is 0 Å². The molecular formula is C15H14FNO2. The second-order valence-corrected chi connectivity index (χ2v) is 4.21. The predicted molar refractivity (Wildman–Crippen MR) is 72.0 cm³/mol. The number of ketones is 1. The molecule has 0 unspecified atom stereocenters. The molecule has 0 amide bonds. The van der Waals surface area contributed by atoms with Crippen molar-refractivity contribution in [3.05, 3.63) is 58.9 Å². The van der Waals surface area contributed by atoms with Crippen LogP contribution < -0.4 is 10.5 Å². The van der Waals surface area contributed by atoms with E-state index in [9.17, 15) is 9.18 Å². The molecule has 0 bridgehead atoms. The Hall–Kier alpha value is -2.36. The van der Waals surface area contributed by atoms with E-state index in [1.165, 1.54) is 18.2 Å². The van der Waals surface area contributed by atoms with E-state index in [0.29, 0.717) is 11.3 Å². The Morgan fingerprint density at radius 2 is 1.95 bits per heavy atom. The number of rotatable bonds is 3. The summed E-state index contributed by atoms with van der Waals surface area (Å²) in [5.41, 5.74) is 6.90. The molecule has 0 saturated carbocycles. The number of benzene rings is 2. The molecule has 3 nitrogen and oxygen atoms in total. The van der Waals surface area contributed by atoms with Crippen LogP contribution in [0.4, 0.5) is 10.1 Å². The van der Waals surface area contributed by atoms with Crippen molar-refractivity contribution >= 4 is 11.5 Å². The fourth-order valence-electron chi connectivity index (χ4n) is 1.90. The van der Waals surface area contributed by atoms with Gasteiger partial charge in [-0.1, -0.05) is 6.07 Å². The molecule has 19 heavy (non-hydrogen) atoms. The van der Waals surface area contributed by atoms with E-state index in [2.05, 4.69) is 0 Å². The SMILES string of the molecule is COc1ccc(C(=O)c2cccc(F)c2N)c(C)c1. The third-order valence-electron chi connectivity index (χ3n) is 2.98. The first kappa shape index (κ1) is 13.1. The van der Waals surface area contributed by atoms with Gasteiger partial charge in [0.05, 0.1) is 12.8 Å². The summed E-state index contributed by atoms with van der Waals surface area (Å²) < 4.78 is 18.5. The molecule has 0 aliphatic heterocycles. The van der Waals surface area contributed by atoms with Gasteiger partial charge in [-0.3, -0.25) is 4.79 Å². The standard InChI is InChI=1S/C15H14FNO2/c1-9-8-10(19-2)6-7-11(9)15(18)12-4-3-5-13(16)14(12)17/h3-8H,17H2,1-2H3. The van der Waals surface area contributed by atoms with E-state index in [1.54, 1.807) is 32.2 Å². The number of halogens is 1. The minimum atomic E-state index is -0.586. The maximum atomic E-state index is 13.4. The van der Waals surface area contributed by atoms with Gasteiger partial charge in [-0.2, -0.15) is 0 Å². The lowest BCUT2D eigenvalue weighted by atomic mass is 9.97. The van der Waals surface area contributed by atoms with Gasteiger partial charge in [0.1, 0.15) is 11.6 Å². The molecule has 0 aromatic heterocycles. The molecule has 0 fully saturated rings. The van der Waals surface area contributed by atoms with Crippen LogP contribution >= 0.6 is 0 Å². The first-order valence-electron chi connectivity index (χ1n) is 5.78. The Kier molecular flexibility index (Phi) is 3.51. The Morgan fingerprint density at radius 1 is 1.21 bits per heavy atom. The van der Waals surface area contributed by atoms with Crippen LogP contribution in [0.25, 0.3) is 0 Å². The number of nitrogen functional groups attached to an aromatic ring is 1. The lowest BCUT2D eigenvalue weighted by Gasteiger charge is -2.09. The molecule has 0 atom stereocenters. The lowest BCUT2D eigenvalue weighted by Crippen LogP contribution is -2.08. The second kappa shape index (κ2) is 5.10. The maximum Gasteiger partial charge on any atom is 0.195 e.